The highest BCUT2D eigenvalue weighted by atomic mass is 32.1. The second-order valence-electron chi connectivity index (χ2n) is 7.99. The molecule has 2 amide bonds. The zero-order chi connectivity index (χ0) is 24.6. The maximum atomic E-state index is 12.9. The first-order chi connectivity index (χ1) is 17.0. The molecule has 35 heavy (non-hydrogen) atoms. The average Bonchev–Trinajstić information content (AvgIpc) is 3.41. The Kier molecular flexibility index (Phi) is 8.17. The van der Waals surface area contributed by atoms with Gasteiger partial charge in [0.2, 0.25) is 5.91 Å². The number of hydrogen-bond donors (Lipinski definition) is 1. The van der Waals surface area contributed by atoms with Gasteiger partial charge in [0.05, 0.1) is 38.1 Å². The number of anilines is 2. The Morgan fingerprint density at radius 1 is 1.14 bits per heavy atom. The quantitative estimate of drug-likeness (QED) is 0.486. The topological polar surface area (TPSA) is 93.2 Å². The van der Waals surface area contributed by atoms with Gasteiger partial charge in [0, 0.05) is 42.5 Å². The standard InChI is InChI=1S/C25H28N4O5S/c1-28(14-24(30)27-19-4-6-21(7-5-19)29-9-11-33-12-10-29)25(31)18-3-8-22(23(13-18)32-2)34-15-20-16-35-17-26-20/h3-8,13,16-17H,9-12,14-15H2,1-2H3,(H,27,30). The fourth-order valence-corrected chi connectivity index (χ4v) is 4.21. The summed E-state index contributed by atoms with van der Waals surface area (Å²) in [6.07, 6.45) is 0. The van der Waals surface area contributed by atoms with E-state index in [0.717, 1.165) is 24.5 Å². The van der Waals surface area contributed by atoms with E-state index in [1.165, 1.54) is 23.3 Å². The van der Waals surface area contributed by atoms with Crippen molar-refractivity contribution in [2.45, 2.75) is 6.61 Å². The number of carbonyl (C=O) groups is 2. The van der Waals surface area contributed by atoms with Crippen molar-refractivity contribution in [1.29, 1.82) is 0 Å². The third-order valence-corrected chi connectivity index (χ3v) is 6.16. The second-order valence-corrected chi connectivity index (χ2v) is 8.71. The molecule has 0 bridgehead atoms. The summed E-state index contributed by atoms with van der Waals surface area (Å²) in [7, 11) is 3.10. The van der Waals surface area contributed by atoms with Gasteiger partial charge in [-0.2, -0.15) is 0 Å². The first-order valence-corrected chi connectivity index (χ1v) is 12.1. The SMILES string of the molecule is COc1cc(C(=O)N(C)CC(=O)Nc2ccc(N3CCOCC3)cc2)ccc1OCc1cscn1. The molecule has 1 N–H and O–H groups in total. The van der Waals surface area contributed by atoms with Crippen molar-refractivity contribution in [3.8, 4) is 11.5 Å². The number of ether oxygens (including phenoxy) is 3. The first kappa shape index (κ1) is 24.5. The largest absolute Gasteiger partial charge is 0.493 e. The van der Waals surface area contributed by atoms with E-state index in [1.807, 2.05) is 29.6 Å². The van der Waals surface area contributed by atoms with Gasteiger partial charge in [-0.05, 0) is 42.5 Å². The number of benzene rings is 2. The predicted octanol–water partition coefficient (Wildman–Crippen LogP) is 3.28. The number of methoxy groups -OCH3 is 1. The molecule has 10 heteroatoms. The second kappa shape index (κ2) is 11.7. The molecule has 2 heterocycles. The van der Waals surface area contributed by atoms with E-state index in [-0.39, 0.29) is 18.4 Å². The number of rotatable bonds is 9. The molecule has 1 aliphatic heterocycles. The number of aromatic nitrogens is 1. The number of likely N-dealkylation sites (N-methyl/N-ethyl adjacent to an activating group) is 1. The van der Waals surface area contributed by atoms with Gasteiger partial charge >= 0.3 is 0 Å². The van der Waals surface area contributed by atoms with Crippen LogP contribution in [-0.4, -0.2) is 68.7 Å². The van der Waals surface area contributed by atoms with Crippen LogP contribution < -0.4 is 19.7 Å². The molecule has 2 aromatic carbocycles. The monoisotopic (exact) mass is 496 g/mol. The summed E-state index contributed by atoms with van der Waals surface area (Å²) < 4.78 is 16.5. The van der Waals surface area contributed by atoms with Crippen molar-refractivity contribution in [2.24, 2.45) is 0 Å². The van der Waals surface area contributed by atoms with Crippen LogP contribution in [0, 0.1) is 0 Å². The number of carbonyl (C=O) groups excluding carboxylic acids is 2. The van der Waals surface area contributed by atoms with Gasteiger partial charge in [-0.15, -0.1) is 11.3 Å². The van der Waals surface area contributed by atoms with Crippen molar-refractivity contribution >= 4 is 34.5 Å². The molecule has 0 radical (unpaired) electrons. The van der Waals surface area contributed by atoms with E-state index >= 15 is 0 Å². The molecule has 1 aliphatic rings. The van der Waals surface area contributed by atoms with Gasteiger partial charge in [-0.25, -0.2) is 4.98 Å². The summed E-state index contributed by atoms with van der Waals surface area (Å²) >= 11 is 1.49. The van der Waals surface area contributed by atoms with Gasteiger partial charge in [0.25, 0.3) is 5.91 Å². The van der Waals surface area contributed by atoms with Crippen LogP contribution >= 0.6 is 11.3 Å². The van der Waals surface area contributed by atoms with Crippen molar-refractivity contribution < 1.29 is 23.8 Å². The Morgan fingerprint density at radius 2 is 1.91 bits per heavy atom. The van der Waals surface area contributed by atoms with Crippen LogP contribution in [0.15, 0.2) is 53.4 Å². The minimum Gasteiger partial charge on any atom is -0.493 e. The number of amides is 2. The van der Waals surface area contributed by atoms with Crippen LogP contribution in [0.2, 0.25) is 0 Å². The van der Waals surface area contributed by atoms with Crippen molar-refractivity contribution in [3.63, 3.8) is 0 Å². The molecule has 1 saturated heterocycles. The van der Waals surface area contributed by atoms with Crippen LogP contribution in [0.3, 0.4) is 0 Å². The Bertz CT molecular complexity index is 1130. The number of morpholine rings is 1. The molecule has 0 aliphatic carbocycles. The predicted molar refractivity (Wildman–Crippen MR) is 135 cm³/mol. The zero-order valence-corrected chi connectivity index (χ0v) is 20.5. The Balaban J connectivity index is 1.31. The molecule has 0 atom stereocenters. The molecule has 9 nitrogen and oxygen atoms in total. The number of nitrogens with one attached hydrogen (secondary N) is 1. The lowest BCUT2D eigenvalue weighted by molar-refractivity contribution is -0.116. The molecule has 3 aromatic rings. The molecule has 1 aromatic heterocycles. The summed E-state index contributed by atoms with van der Waals surface area (Å²) in [4.78, 5) is 33.2. The molecule has 0 spiro atoms. The van der Waals surface area contributed by atoms with Gasteiger partial charge in [-0.1, -0.05) is 0 Å². The van der Waals surface area contributed by atoms with Crippen LogP contribution in [0.1, 0.15) is 16.1 Å². The molecule has 0 saturated carbocycles. The Morgan fingerprint density at radius 3 is 2.60 bits per heavy atom. The van der Waals surface area contributed by atoms with Gasteiger partial charge in [-0.3, -0.25) is 9.59 Å². The third-order valence-electron chi connectivity index (χ3n) is 5.52. The Hall–Kier alpha value is -3.63. The summed E-state index contributed by atoms with van der Waals surface area (Å²) in [6, 6.07) is 12.6. The minimum absolute atomic E-state index is 0.0888. The lowest BCUT2D eigenvalue weighted by atomic mass is 10.1. The normalized spacial score (nSPS) is 13.3. The number of nitrogens with zero attached hydrogens (tertiary/aromatic N) is 3. The van der Waals surface area contributed by atoms with Crippen LogP contribution in [0.4, 0.5) is 11.4 Å². The van der Waals surface area contributed by atoms with E-state index in [9.17, 15) is 9.59 Å². The highest BCUT2D eigenvalue weighted by Crippen LogP contribution is 2.29. The molecular formula is C25H28N4O5S. The number of hydrogen-bond acceptors (Lipinski definition) is 8. The van der Waals surface area contributed by atoms with Gasteiger partial charge in [0.15, 0.2) is 11.5 Å². The third kappa shape index (κ3) is 6.49. The van der Waals surface area contributed by atoms with Crippen molar-refractivity contribution in [1.82, 2.24) is 9.88 Å². The Labute approximate surface area is 208 Å². The van der Waals surface area contributed by atoms with Crippen molar-refractivity contribution in [3.05, 3.63) is 64.6 Å². The van der Waals surface area contributed by atoms with E-state index in [2.05, 4.69) is 15.2 Å². The summed E-state index contributed by atoms with van der Waals surface area (Å²) in [6.45, 7) is 3.35. The fourth-order valence-electron chi connectivity index (χ4n) is 3.67. The van der Waals surface area contributed by atoms with E-state index in [4.69, 9.17) is 14.2 Å². The molecule has 184 valence electrons. The summed E-state index contributed by atoms with van der Waals surface area (Å²) in [5.74, 6) is 0.365. The maximum absolute atomic E-state index is 12.9. The molecule has 1 fully saturated rings. The van der Waals surface area contributed by atoms with Crippen LogP contribution in [0.25, 0.3) is 0 Å². The fraction of sp³-hybridized carbons (Fsp3) is 0.320. The molecular weight excluding hydrogens is 468 g/mol. The zero-order valence-electron chi connectivity index (χ0n) is 19.7. The van der Waals surface area contributed by atoms with Gasteiger partial charge < -0.3 is 29.3 Å². The van der Waals surface area contributed by atoms with Crippen LogP contribution in [0.5, 0.6) is 11.5 Å². The lowest BCUT2D eigenvalue weighted by Crippen LogP contribution is -2.36. The summed E-state index contributed by atoms with van der Waals surface area (Å²) in [5, 5.41) is 4.75. The van der Waals surface area contributed by atoms with Gasteiger partial charge in [0.1, 0.15) is 6.61 Å². The summed E-state index contributed by atoms with van der Waals surface area (Å²) in [5.41, 5.74) is 4.72. The maximum Gasteiger partial charge on any atom is 0.254 e. The van der Waals surface area contributed by atoms with Crippen molar-refractivity contribution in [2.75, 3.05) is 57.2 Å². The van der Waals surface area contributed by atoms with E-state index < -0.39 is 0 Å². The average molecular weight is 497 g/mol. The highest BCUT2D eigenvalue weighted by Gasteiger charge is 2.18. The van der Waals surface area contributed by atoms with E-state index in [1.54, 1.807) is 30.8 Å². The smallest absolute Gasteiger partial charge is 0.254 e. The van der Waals surface area contributed by atoms with E-state index in [0.29, 0.717) is 42.6 Å². The molecule has 4 rings (SSSR count). The van der Waals surface area contributed by atoms with Crippen LogP contribution in [-0.2, 0) is 16.1 Å². The highest BCUT2D eigenvalue weighted by molar-refractivity contribution is 7.07. The lowest BCUT2D eigenvalue weighted by Gasteiger charge is -2.28. The number of thiazole rings is 1. The molecule has 0 unspecified atom stereocenters. The first-order valence-electron chi connectivity index (χ1n) is 11.2. The minimum atomic E-state index is -0.299.